The van der Waals surface area contributed by atoms with E-state index in [4.69, 9.17) is 0 Å². The van der Waals surface area contributed by atoms with Crippen molar-refractivity contribution in [3.8, 4) is 22.9 Å². The highest BCUT2D eigenvalue weighted by Gasteiger charge is 2.18. The molecule has 0 amide bonds. The highest BCUT2D eigenvalue weighted by molar-refractivity contribution is 5.86. The van der Waals surface area contributed by atoms with Crippen LogP contribution in [0.25, 0.3) is 35.7 Å². The largest absolute Gasteiger partial charge is 0.505 e. The van der Waals surface area contributed by atoms with E-state index in [0.29, 0.717) is 58.4 Å². The Bertz CT molecular complexity index is 1590. The van der Waals surface area contributed by atoms with Crippen molar-refractivity contribution in [2.75, 3.05) is 13.1 Å². The Labute approximate surface area is 251 Å². The van der Waals surface area contributed by atoms with E-state index in [1.54, 1.807) is 48.9 Å². The summed E-state index contributed by atoms with van der Waals surface area (Å²) < 4.78 is 0. The Kier molecular flexibility index (Phi) is 8.99. The Hall–Kier alpha value is -5.38. The summed E-state index contributed by atoms with van der Waals surface area (Å²) in [5, 5.41) is 39.6. The van der Waals surface area contributed by atoms with Gasteiger partial charge in [0.05, 0.1) is 0 Å². The highest BCUT2D eigenvalue weighted by atomic mass is 16.3. The van der Waals surface area contributed by atoms with Gasteiger partial charge in [0, 0.05) is 42.1 Å². The Morgan fingerprint density at radius 3 is 1.28 bits per heavy atom. The van der Waals surface area contributed by atoms with E-state index in [0.717, 1.165) is 11.1 Å². The second-order valence-electron chi connectivity index (χ2n) is 10.9. The zero-order valence-electron chi connectivity index (χ0n) is 25.0. The van der Waals surface area contributed by atoms with Gasteiger partial charge in [-0.1, -0.05) is 40.2 Å². The molecule has 0 atom stereocenters. The van der Waals surface area contributed by atoms with Crippen molar-refractivity contribution >= 4 is 36.7 Å². The van der Waals surface area contributed by atoms with Crippen LogP contribution in [0.5, 0.6) is 11.5 Å². The molecule has 0 fully saturated rings. The molecule has 10 heteroatoms. The standard InChI is InChI=1S/C33H36N8O2/c1-9-25-26(10-2)37-40(36-25)29-15-21(5)13-23(31(29)42)17-34-19-33(7,8)20-35-18-24-14-22(6)16-30(32(24)43)41-38-27(11-3)28(12-4)39-41/h9-18,42-43H,1-4,19-20H2,5-8H3. The smallest absolute Gasteiger partial charge is 0.151 e. The highest BCUT2D eigenvalue weighted by Crippen LogP contribution is 2.29. The topological polar surface area (TPSA) is 127 Å². The van der Waals surface area contributed by atoms with Gasteiger partial charge in [0.1, 0.15) is 34.2 Å². The molecule has 4 rings (SSSR count). The summed E-state index contributed by atoms with van der Waals surface area (Å²) in [5.74, 6) is 0.0356. The van der Waals surface area contributed by atoms with E-state index in [-0.39, 0.29) is 16.9 Å². The minimum absolute atomic E-state index is 0.0178. The van der Waals surface area contributed by atoms with Crippen LogP contribution in [0.1, 0.15) is 58.9 Å². The molecule has 0 unspecified atom stereocenters. The first kappa shape index (κ1) is 30.6. The average Bonchev–Trinajstić information content (AvgIpc) is 3.59. The normalized spacial score (nSPS) is 11.8. The van der Waals surface area contributed by atoms with Crippen molar-refractivity contribution in [2.45, 2.75) is 27.7 Å². The molecule has 0 saturated carbocycles. The molecule has 0 bridgehead atoms. The van der Waals surface area contributed by atoms with Gasteiger partial charge in [0.25, 0.3) is 0 Å². The van der Waals surface area contributed by atoms with Crippen LogP contribution in [-0.4, -0.2) is 65.7 Å². The Balaban J connectivity index is 1.50. The van der Waals surface area contributed by atoms with Crippen molar-refractivity contribution in [1.82, 2.24) is 30.0 Å². The fourth-order valence-corrected chi connectivity index (χ4v) is 4.36. The predicted octanol–water partition coefficient (Wildman–Crippen LogP) is 6.01. The van der Waals surface area contributed by atoms with Crippen molar-refractivity contribution < 1.29 is 10.2 Å². The minimum Gasteiger partial charge on any atom is -0.505 e. The molecule has 43 heavy (non-hydrogen) atoms. The van der Waals surface area contributed by atoms with E-state index >= 15 is 0 Å². The number of benzene rings is 2. The molecule has 2 N–H and O–H groups in total. The maximum atomic E-state index is 11.0. The number of phenolic OH excluding ortho intramolecular Hbond substituents is 2. The van der Waals surface area contributed by atoms with Crippen molar-refractivity contribution in [2.24, 2.45) is 15.4 Å². The van der Waals surface area contributed by atoms with Gasteiger partial charge < -0.3 is 10.2 Å². The lowest BCUT2D eigenvalue weighted by molar-refractivity contribution is 0.396. The molecule has 220 valence electrons. The lowest BCUT2D eigenvalue weighted by Gasteiger charge is -2.19. The molecular formula is C33H36N8O2. The molecule has 0 saturated heterocycles. The first-order valence-corrected chi connectivity index (χ1v) is 13.6. The van der Waals surface area contributed by atoms with Gasteiger partial charge in [-0.15, -0.1) is 30.0 Å². The number of hydrogen-bond donors (Lipinski definition) is 2. The van der Waals surface area contributed by atoms with E-state index in [1.807, 2.05) is 39.8 Å². The number of aromatic hydroxyl groups is 2. The maximum absolute atomic E-state index is 11.0. The summed E-state index contributed by atoms with van der Waals surface area (Å²) in [5.41, 5.74) is 5.80. The monoisotopic (exact) mass is 576 g/mol. The molecule has 0 aliphatic rings. The SMILES string of the molecule is C=Cc1nn(-c2cc(C)cc(C=NCC(C)(C)CN=Cc3cc(C)cc(-n4nc(C=C)c(C=C)n4)c3O)c2O)nc1C=C. The summed E-state index contributed by atoms with van der Waals surface area (Å²) in [6.07, 6.45) is 9.66. The van der Waals surface area contributed by atoms with Crippen molar-refractivity contribution in [3.63, 3.8) is 0 Å². The summed E-state index contributed by atoms with van der Waals surface area (Å²) in [4.78, 5) is 12.0. The van der Waals surface area contributed by atoms with Crippen LogP contribution in [0.2, 0.25) is 0 Å². The number of aromatic nitrogens is 6. The Morgan fingerprint density at radius 1 is 0.651 bits per heavy atom. The van der Waals surface area contributed by atoms with E-state index in [9.17, 15) is 10.2 Å². The van der Waals surface area contributed by atoms with Gasteiger partial charge in [-0.2, -0.15) is 0 Å². The number of rotatable bonds is 12. The molecule has 0 aliphatic heterocycles. The third-order valence-corrected chi connectivity index (χ3v) is 6.57. The molecule has 2 aromatic carbocycles. The molecule has 0 spiro atoms. The van der Waals surface area contributed by atoms with Gasteiger partial charge in [0.15, 0.2) is 11.5 Å². The Morgan fingerprint density at radius 2 is 0.977 bits per heavy atom. The average molecular weight is 577 g/mol. The molecule has 4 aromatic rings. The van der Waals surface area contributed by atoms with Crippen LogP contribution < -0.4 is 0 Å². The number of hydrogen-bond acceptors (Lipinski definition) is 8. The maximum Gasteiger partial charge on any atom is 0.151 e. The van der Waals surface area contributed by atoms with Crippen molar-refractivity contribution in [3.05, 3.63) is 95.6 Å². The molecular weight excluding hydrogens is 540 g/mol. The summed E-state index contributed by atoms with van der Waals surface area (Å²) >= 11 is 0. The molecule has 0 aliphatic carbocycles. The number of phenols is 2. The quantitative estimate of drug-likeness (QED) is 0.199. The van der Waals surface area contributed by atoms with Crippen molar-refractivity contribution in [1.29, 1.82) is 0 Å². The first-order valence-electron chi connectivity index (χ1n) is 13.6. The number of aryl methyl sites for hydroxylation is 2. The van der Waals surface area contributed by atoms with Crippen LogP contribution in [0, 0.1) is 19.3 Å². The van der Waals surface area contributed by atoms with Crippen LogP contribution >= 0.6 is 0 Å². The van der Waals surface area contributed by atoms with Gasteiger partial charge in [0.2, 0.25) is 0 Å². The van der Waals surface area contributed by atoms with Gasteiger partial charge in [-0.05, 0) is 73.5 Å². The molecule has 2 aromatic heterocycles. The number of nitrogens with zero attached hydrogens (tertiary/aromatic N) is 8. The third kappa shape index (κ3) is 6.75. The molecule has 10 nitrogen and oxygen atoms in total. The van der Waals surface area contributed by atoms with Crippen LogP contribution in [0.15, 0.2) is 60.6 Å². The van der Waals surface area contributed by atoms with E-state index in [1.165, 1.54) is 9.59 Å². The second kappa shape index (κ2) is 12.6. The second-order valence-corrected chi connectivity index (χ2v) is 10.9. The van der Waals surface area contributed by atoms with Gasteiger partial charge in [-0.3, -0.25) is 9.98 Å². The first-order chi connectivity index (χ1) is 20.5. The van der Waals surface area contributed by atoms with Crippen LogP contribution in [0.4, 0.5) is 0 Å². The summed E-state index contributed by atoms with van der Waals surface area (Å²) in [6, 6.07) is 7.30. The fraction of sp³-hybridized carbons (Fsp3) is 0.212. The summed E-state index contributed by atoms with van der Waals surface area (Å²) in [7, 11) is 0. The fourth-order valence-electron chi connectivity index (χ4n) is 4.36. The van der Waals surface area contributed by atoms with E-state index < -0.39 is 0 Å². The molecule has 0 radical (unpaired) electrons. The third-order valence-electron chi connectivity index (χ3n) is 6.57. The lowest BCUT2D eigenvalue weighted by Crippen LogP contribution is -2.20. The van der Waals surface area contributed by atoms with E-state index in [2.05, 4.69) is 56.7 Å². The minimum atomic E-state index is -0.305. The summed E-state index contributed by atoms with van der Waals surface area (Å²) in [6.45, 7) is 23.9. The van der Waals surface area contributed by atoms with Crippen LogP contribution in [0.3, 0.4) is 0 Å². The lowest BCUT2D eigenvalue weighted by atomic mass is 9.94. The van der Waals surface area contributed by atoms with Gasteiger partial charge >= 0.3 is 0 Å². The number of aliphatic imine (C=N–C) groups is 2. The molecule has 2 heterocycles. The van der Waals surface area contributed by atoms with Gasteiger partial charge in [-0.25, -0.2) is 0 Å². The predicted molar refractivity (Wildman–Crippen MR) is 175 cm³/mol. The zero-order chi connectivity index (χ0) is 31.3. The zero-order valence-corrected chi connectivity index (χ0v) is 25.0. The van der Waals surface area contributed by atoms with Crippen LogP contribution in [-0.2, 0) is 0 Å².